The molecule has 0 spiro atoms. The number of ether oxygens (including phenoxy) is 1. The lowest BCUT2D eigenvalue weighted by atomic mass is 9.83. The Balaban J connectivity index is 1.58. The van der Waals surface area contributed by atoms with Crippen LogP contribution < -0.4 is 5.73 Å². The summed E-state index contributed by atoms with van der Waals surface area (Å²) in [6, 6.07) is 0. The fraction of sp³-hybridized carbons (Fsp3) is 0.731. The van der Waals surface area contributed by atoms with Gasteiger partial charge in [-0.25, -0.2) is 28.6 Å². The summed E-state index contributed by atoms with van der Waals surface area (Å²) in [7, 11) is -16.3. The van der Waals surface area contributed by atoms with Crippen LogP contribution in [0.2, 0.25) is 0 Å². The molecule has 2 aromatic rings. The van der Waals surface area contributed by atoms with Gasteiger partial charge in [-0.15, -0.1) is 0 Å². The number of phosphoric ester groups is 3. The number of carbonyl (C=O) groups is 2. The average Bonchev–Trinajstić information content (AvgIpc) is 3.53. The molecule has 1 aliphatic rings. The van der Waals surface area contributed by atoms with Gasteiger partial charge in [0.1, 0.15) is 42.0 Å². The molecule has 0 amide bonds. The number of hydrogen-bond donors (Lipinski definition) is 7. The van der Waals surface area contributed by atoms with E-state index in [0.29, 0.717) is 12.8 Å². The molecule has 0 aromatic carbocycles. The molecule has 0 radical (unpaired) electrons. The maximum atomic E-state index is 12.6. The Morgan fingerprint density at radius 2 is 1.64 bits per heavy atom. The molecule has 1 fully saturated rings. The second-order valence-corrected chi connectivity index (χ2v) is 17.8. The van der Waals surface area contributed by atoms with Crippen LogP contribution >= 0.6 is 23.5 Å². The van der Waals surface area contributed by atoms with Gasteiger partial charge in [-0.3, -0.25) is 27.7 Å². The van der Waals surface area contributed by atoms with E-state index in [-0.39, 0.29) is 47.4 Å². The average molecular weight is 776 g/mol. The summed E-state index contributed by atoms with van der Waals surface area (Å²) in [5.41, 5.74) is 4.38. The molecular formula is C26H44N5O16P3. The molecular weight excluding hydrogens is 731 g/mol. The summed E-state index contributed by atoms with van der Waals surface area (Å²) < 4.78 is 62.0. The Kier molecular flexibility index (Phi) is 13.8. The van der Waals surface area contributed by atoms with Crippen molar-refractivity contribution in [3.05, 3.63) is 12.7 Å². The number of aliphatic hydroxyl groups excluding tert-OH is 2. The van der Waals surface area contributed by atoms with E-state index in [2.05, 4.69) is 23.8 Å². The molecule has 3 rings (SSSR count). The van der Waals surface area contributed by atoms with Gasteiger partial charge >= 0.3 is 23.5 Å². The minimum absolute atomic E-state index is 0.0216. The summed E-state index contributed by atoms with van der Waals surface area (Å²) in [6.07, 6.45) is -5.24. The monoisotopic (exact) mass is 775 g/mol. The van der Waals surface area contributed by atoms with Crippen molar-refractivity contribution in [1.29, 1.82) is 0 Å². The smallest absolute Gasteiger partial charge is 0.386 e. The van der Waals surface area contributed by atoms with Gasteiger partial charge in [0.2, 0.25) is 0 Å². The first-order chi connectivity index (χ1) is 22.8. The summed E-state index contributed by atoms with van der Waals surface area (Å²) in [4.78, 5) is 75.5. The van der Waals surface area contributed by atoms with Gasteiger partial charge in [-0.1, -0.05) is 34.6 Å². The van der Waals surface area contributed by atoms with Crippen molar-refractivity contribution in [1.82, 2.24) is 19.5 Å². The number of ketones is 2. The quantitative estimate of drug-likeness (QED) is 0.100. The molecule has 7 unspecified atom stereocenters. The van der Waals surface area contributed by atoms with E-state index in [1.807, 2.05) is 20.8 Å². The van der Waals surface area contributed by atoms with Crippen molar-refractivity contribution in [2.75, 3.05) is 18.9 Å². The van der Waals surface area contributed by atoms with Gasteiger partial charge in [0.15, 0.2) is 23.5 Å². The molecule has 3 heterocycles. The van der Waals surface area contributed by atoms with Crippen LogP contribution in [0.25, 0.3) is 11.2 Å². The van der Waals surface area contributed by atoms with E-state index in [1.54, 1.807) is 0 Å². The number of rotatable bonds is 19. The fourth-order valence-corrected chi connectivity index (χ4v) is 7.60. The molecule has 21 nitrogen and oxygen atoms in total. The number of carbonyl (C=O) groups excluding carboxylic acids is 2. The second kappa shape index (κ2) is 16.3. The first-order valence-corrected chi connectivity index (χ1v) is 19.7. The van der Waals surface area contributed by atoms with Crippen molar-refractivity contribution in [2.45, 2.75) is 97.4 Å². The minimum Gasteiger partial charge on any atom is -0.386 e. The van der Waals surface area contributed by atoms with Gasteiger partial charge in [0.25, 0.3) is 0 Å². The number of fused-ring (bicyclic) bond motifs is 1. The highest BCUT2D eigenvalue weighted by atomic mass is 31.3. The molecule has 0 saturated carbocycles. The fourth-order valence-electron chi connectivity index (χ4n) is 4.77. The third-order valence-electron chi connectivity index (χ3n) is 7.52. The summed E-state index contributed by atoms with van der Waals surface area (Å²) in [5, 5.41) is 21.4. The Hall–Kier alpha value is -2.06. The van der Waals surface area contributed by atoms with E-state index in [4.69, 9.17) is 19.5 Å². The van der Waals surface area contributed by atoms with E-state index >= 15 is 0 Å². The number of hydrogen-bond acceptors (Lipinski definition) is 16. The van der Waals surface area contributed by atoms with Gasteiger partial charge < -0.3 is 40.3 Å². The standard InChI is InChI=1S/C26H44N5O16P3/c1-25(2,3)10-9-15(32)7-6-8-16(33)21(35)26(4,5)12-44-50(41,42)47-49(39,40)43-11-17-20(46-48(36,37)38)19(34)24(45-17)31-14-30-18-22(27)28-13-29-23(18)31/h13-14,17,19-21,24,34-35H,6-12H2,1-5H3,(H,39,40)(H,41,42)(H2,27,28,29)(H2,36,37,38). The number of aromatic nitrogens is 4. The lowest BCUT2D eigenvalue weighted by molar-refractivity contribution is -0.134. The Labute approximate surface area is 286 Å². The predicted octanol–water partition coefficient (Wildman–Crippen LogP) is 1.92. The number of nitrogens with two attached hydrogens (primary N) is 1. The molecule has 24 heteroatoms. The molecule has 2 aromatic heterocycles. The molecule has 0 aliphatic carbocycles. The van der Waals surface area contributed by atoms with Crippen LogP contribution in [0.1, 0.15) is 73.0 Å². The zero-order valence-electron chi connectivity index (χ0n) is 28.0. The zero-order valence-corrected chi connectivity index (χ0v) is 30.6. The summed E-state index contributed by atoms with van der Waals surface area (Å²) in [5.74, 6) is -0.708. The van der Waals surface area contributed by atoms with Gasteiger partial charge in [0.05, 0.1) is 19.5 Å². The van der Waals surface area contributed by atoms with E-state index < -0.39 is 78.5 Å². The van der Waals surface area contributed by atoms with Crippen LogP contribution in [0.4, 0.5) is 5.82 Å². The van der Waals surface area contributed by atoms with Crippen molar-refractivity contribution in [2.24, 2.45) is 10.8 Å². The number of Topliss-reactive ketones (excluding diaryl/α,β-unsaturated/α-hetero) is 2. The lowest BCUT2D eigenvalue weighted by Gasteiger charge is -2.30. The highest BCUT2D eigenvalue weighted by molar-refractivity contribution is 7.61. The number of anilines is 1. The van der Waals surface area contributed by atoms with Crippen molar-refractivity contribution in [3.8, 4) is 0 Å². The minimum atomic E-state index is -5.52. The summed E-state index contributed by atoms with van der Waals surface area (Å²) in [6.45, 7) is 6.74. The number of nitrogens with zero attached hydrogens (tertiary/aromatic N) is 4. The molecule has 1 saturated heterocycles. The van der Waals surface area contributed by atoms with Crippen LogP contribution in [0.5, 0.6) is 0 Å². The van der Waals surface area contributed by atoms with Crippen molar-refractivity contribution in [3.63, 3.8) is 0 Å². The second-order valence-electron chi connectivity index (χ2n) is 13.6. The van der Waals surface area contributed by atoms with Crippen LogP contribution in [0, 0.1) is 10.8 Å². The van der Waals surface area contributed by atoms with Gasteiger partial charge in [-0.05, 0) is 18.3 Å². The first kappa shape index (κ1) is 42.4. The van der Waals surface area contributed by atoms with E-state index in [0.717, 1.165) is 17.2 Å². The zero-order chi connectivity index (χ0) is 37.9. The third kappa shape index (κ3) is 12.3. The van der Waals surface area contributed by atoms with Crippen molar-refractivity contribution < 1.29 is 75.7 Å². The van der Waals surface area contributed by atoms with E-state index in [1.165, 1.54) is 13.8 Å². The highest BCUT2D eigenvalue weighted by Gasteiger charge is 2.50. The van der Waals surface area contributed by atoms with Crippen LogP contribution in [-0.2, 0) is 45.9 Å². The Morgan fingerprint density at radius 3 is 2.26 bits per heavy atom. The normalized spacial score (nSPS) is 23.4. The molecule has 1 aliphatic heterocycles. The molecule has 0 bridgehead atoms. The Bertz CT molecular complexity index is 1660. The van der Waals surface area contributed by atoms with Crippen LogP contribution in [-0.4, -0.2) is 98.5 Å². The number of phosphoric acid groups is 3. The topological polar surface area (TPSA) is 322 Å². The number of nitrogen functional groups attached to an aromatic ring is 1. The Morgan fingerprint density at radius 1 is 1.00 bits per heavy atom. The van der Waals surface area contributed by atoms with Crippen LogP contribution in [0.15, 0.2) is 12.7 Å². The largest absolute Gasteiger partial charge is 0.481 e. The maximum absolute atomic E-state index is 12.6. The predicted molar refractivity (Wildman–Crippen MR) is 172 cm³/mol. The SMILES string of the molecule is CC(C)(C)CCC(=O)CCCC(=O)C(O)C(C)(C)COP(=O)(O)OP(=O)(O)OCC1OC(n2cnc3c(N)ncnc32)C(O)C1OP(=O)(O)O. The van der Waals surface area contributed by atoms with E-state index in [9.17, 15) is 53.1 Å². The van der Waals surface area contributed by atoms with Crippen LogP contribution in [0.3, 0.4) is 0 Å². The summed E-state index contributed by atoms with van der Waals surface area (Å²) >= 11 is 0. The first-order valence-electron chi connectivity index (χ1n) is 15.2. The number of aliphatic hydroxyl groups is 2. The third-order valence-corrected chi connectivity index (χ3v) is 10.6. The van der Waals surface area contributed by atoms with Gasteiger partial charge in [-0.2, -0.15) is 4.31 Å². The van der Waals surface area contributed by atoms with Crippen molar-refractivity contribution >= 4 is 52.0 Å². The molecule has 284 valence electrons. The molecule has 8 N–H and O–H groups in total. The molecule has 7 atom stereocenters. The lowest BCUT2D eigenvalue weighted by Crippen LogP contribution is -2.39. The molecule has 50 heavy (non-hydrogen) atoms. The maximum Gasteiger partial charge on any atom is 0.481 e. The van der Waals surface area contributed by atoms with Gasteiger partial charge in [0, 0.05) is 24.7 Å². The number of imidazole rings is 1. The highest BCUT2D eigenvalue weighted by Crippen LogP contribution is 2.61.